The minimum absolute atomic E-state index is 0.0437. The van der Waals surface area contributed by atoms with Gasteiger partial charge in [-0.1, -0.05) is 36.8 Å². The molecule has 2 aromatic carbocycles. The average Bonchev–Trinajstić information content (AvgIpc) is 3.29. The Balaban J connectivity index is 1.35. The van der Waals surface area contributed by atoms with Crippen LogP contribution in [0, 0.1) is 6.92 Å². The first-order valence-electron chi connectivity index (χ1n) is 13.4. The minimum atomic E-state index is -1.19. The van der Waals surface area contributed by atoms with Gasteiger partial charge in [0.15, 0.2) is 0 Å². The molecule has 2 heterocycles. The Morgan fingerprint density at radius 3 is 2.66 bits per heavy atom. The molecule has 0 unspecified atom stereocenters. The second-order valence-corrected chi connectivity index (χ2v) is 10.2. The number of benzene rings is 2. The molecule has 38 heavy (non-hydrogen) atoms. The third kappa shape index (κ3) is 7.82. The Morgan fingerprint density at radius 2 is 1.89 bits per heavy atom. The average molecular weight is 521 g/mol. The van der Waals surface area contributed by atoms with Crippen molar-refractivity contribution in [1.82, 2.24) is 19.4 Å². The number of β-amino-alcohol motifs (C(OH)–C–C–N with tert-alkyl or cyclic N) is 1. The van der Waals surface area contributed by atoms with Crippen LogP contribution in [0.4, 0.5) is 0 Å². The first-order chi connectivity index (χ1) is 18.3. The molecular formula is C30H40N4O4. The lowest BCUT2D eigenvalue weighted by molar-refractivity contribution is -0.132. The molecule has 4 rings (SSSR count). The zero-order valence-electron chi connectivity index (χ0n) is 22.8. The van der Waals surface area contributed by atoms with Crippen molar-refractivity contribution in [3.63, 3.8) is 0 Å². The largest absolute Gasteiger partial charge is 0.494 e. The fourth-order valence-corrected chi connectivity index (χ4v) is 4.86. The molecule has 0 aliphatic carbocycles. The maximum absolute atomic E-state index is 12.2. The fourth-order valence-electron chi connectivity index (χ4n) is 4.86. The molecule has 1 amide bonds. The number of ether oxygens (including phenoxy) is 2. The summed E-state index contributed by atoms with van der Waals surface area (Å²) < 4.78 is 14.2. The third-order valence-electron chi connectivity index (χ3n) is 6.90. The van der Waals surface area contributed by atoms with Gasteiger partial charge in [-0.3, -0.25) is 9.69 Å². The van der Waals surface area contributed by atoms with Crippen molar-refractivity contribution in [2.24, 2.45) is 0 Å². The SMILES string of the molecule is CCc1nccn1CCCOc1cccc(CN2CCN(C(C)=O)C[C@@](O)(COc3ccc(C)cc3)C2)c1. The van der Waals surface area contributed by atoms with Gasteiger partial charge < -0.3 is 24.0 Å². The molecule has 204 valence electrons. The Kier molecular flexibility index (Phi) is 9.42. The normalized spacial score (nSPS) is 18.3. The summed E-state index contributed by atoms with van der Waals surface area (Å²) in [7, 11) is 0. The van der Waals surface area contributed by atoms with Crippen LogP contribution in [0.3, 0.4) is 0 Å². The second-order valence-electron chi connectivity index (χ2n) is 10.2. The van der Waals surface area contributed by atoms with Gasteiger partial charge in [0.05, 0.1) is 13.2 Å². The van der Waals surface area contributed by atoms with Crippen LogP contribution in [0.5, 0.6) is 11.5 Å². The molecule has 3 aromatic rings. The van der Waals surface area contributed by atoms with Gasteiger partial charge in [-0.15, -0.1) is 0 Å². The molecule has 0 saturated carbocycles. The number of carbonyl (C=O) groups is 1. The van der Waals surface area contributed by atoms with E-state index in [1.165, 1.54) is 0 Å². The Morgan fingerprint density at radius 1 is 1.08 bits per heavy atom. The minimum Gasteiger partial charge on any atom is -0.494 e. The maximum Gasteiger partial charge on any atom is 0.219 e. The zero-order valence-corrected chi connectivity index (χ0v) is 22.8. The highest BCUT2D eigenvalue weighted by atomic mass is 16.5. The van der Waals surface area contributed by atoms with Gasteiger partial charge in [0.25, 0.3) is 0 Å². The predicted molar refractivity (Wildman–Crippen MR) is 147 cm³/mol. The van der Waals surface area contributed by atoms with E-state index in [2.05, 4.69) is 33.5 Å². The number of aromatic nitrogens is 2. The van der Waals surface area contributed by atoms with E-state index in [-0.39, 0.29) is 19.1 Å². The van der Waals surface area contributed by atoms with Crippen LogP contribution < -0.4 is 9.47 Å². The first kappa shape index (κ1) is 27.7. The van der Waals surface area contributed by atoms with Crippen molar-refractivity contribution >= 4 is 5.91 Å². The van der Waals surface area contributed by atoms with E-state index in [9.17, 15) is 9.90 Å². The van der Waals surface area contributed by atoms with E-state index in [0.29, 0.717) is 38.5 Å². The topological polar surface area (TPSA) is 80.1 Å². The van der Waals surface area contributed by atoms with Crippen molar-refractivity contribution in [3.05, 3.63) is 77.9 Å². The summed E-state index contributed by atoms with van der Waals surface area (Å²) in [4.78, 5) is 20.5. The van der Waals surface area contributed by atoms with Gasteiger partial charge in [-0.2, -0.15) is 0 Å². The molecule has 8 nitrogen and oxygen atoms in total. The molecule has 1 aliphatic heterocycles. The molecule has 1 saturated heterocycles. The molecule has 1 atom stereocenters. The highest BCUT2D eigenvalue weighted by Crippen LogP contribution is 2.22. The van der Waals surface area contributed by atoms with Gasteiger partial charge in [-0.05, 0) is 43.2 Å². The number of carbonyl (C=O) groups excluding carboxylic acids is 1. The molecule has 8 heteroatoms. The van der Waals surface area contributed by atoms with E-state index < -0.39 is 5.60 Å². The molecule has 1 aromatic heterocycles. The predicted octanol–water partition coefficient (Wildman–Crippen LogP) is 3.70. The molecule has 1 N–H and O–H groups in total. The Labute approximate surface area is 225 Å². The van der Waals surface area contributed by atoms with Gasteiger partial charge in [0.1, 0.15) is 29.5 Å². The smallest absolute Gasteiger partial charge is 0.219 e. The number of rotatable bonds is 11. The fraction of sp³-hybridized carbons (Fsp3) is 0.467. The molecule has 0 bridgehead atoms. The number of nitrogens with zero attached hydrogens (tertiary/aromatic N) is 4. The van der Waals surface area contributed by atoms with Crippen LogP contribution >= 0.6 is 0 Å². The molecular weight excluding hydrogens is 480 g/mol. The number of aryl methyl sites for hydroxylation is 3. The van der Waals surface area contributed by atoms with Gasteiger partial charge >= 0.3 is 0 Å². The summed E-state index contributed by atoms with van der Waals surface area (Å²) in [6.07, 6.45) is 5.68. The van der Waals surface area contributed by atoms with Crippen LogP contribution in [0.25, 0.3) is 0 Å². The lowest BCUT2D eigenvalue weighted by Crippen LogP contribution is -2.51. The number of hydrogen-bond donors (Lipinski definition) is 1. The molecule has 0 radical (unpaired) electrons. The highest BCUT2D eigenvalue weighted by molar-refractivity contribution is 5.73. The standard InChI is InChI=1S/C30H40N4O4/c1-4-29-31-13-15-33(29)14-6-18-37-28-8-5-7-26(19-28)20-32-16-17-34(25(3)35)22-30(36,21-32)23-38-27-11-9-24(2)10-12-27/h5,7-13,15,19,36H,4,6,14,16-18,20-23H2,1-3H3/t30-/m1/s1. The molecule has 1 fully saturated rings. The van der Waals surface area contributed by atoms with E-state index >= 15 is 0 Å². The number of imidazole rings is 1. The van der Waals surface area contributed by atoms with E-state index in [4.69, 9.17) is 9.47 Å². The van der Waals surface area contributed by atoms with Gasteiger partial charge in [0, 0.05) is 58.5 Å². The van der Waals surface area contributed by atoms with Crippen molar-refractivity contribution in [1.29, 1.82) is 0 Å². The van der Waals surface area contributed by atoms with Crippen molar-refractivity contribution in [3.8, 4) is 11.5 Å². The van der Waals surface area contributed by atoms with Gasteiger partial charge in [-0.25, -0.2) is 4.98 Å². The quantitative estimate of drug-likeness (QED) is 0.389. The number of aliphatic hydroxyl groups is 1. The monoisotopic (exact) mass is 520 g/mol. The van der Waals surface area contributed by atoms with E-state index in [1.54, 1.807) is 11.8 Å². The van der Waals surface area contributed by atoms with Crippen molar-refractivity contribution in [2.45, 2.75) is 52.3 Å². The highest BCUT2D eigenvalue weighted by Gasteiger charge is 2.36. The first-order valence-corrected chi connectivity index (χ1v) is 13.4. The lowest BCUT2D eigenvalue weighted by atomic mass is 10.0. The van der Waals surface area contributed by atoms with Crippen LogP contribution in [0.1, 0.15) is 37.2 Å². The van der Waals surface area contributed by atoms with Crippen LogP contribution in [-0.4, -0.2) is 75.4 Å². The third-order valence-corrected chi connectivity index (χ3v) is 6.90. The molecule has 1 aliphatic rings. The summed E-state index contributed by atoms with van der Waals surface area (Å²) in [5.74, 6) is 2.59. The summed E-state index contributed by atoms with van der Waals surface area (Å²) in [5, 5.41) is 11.6. The summed E-state index contributed by atoms with van der Waals surface area (Å²) in [6.45, 7) is 9.81. The lowest BCUT2D eigenvalue weighted by Gasteiger charge is -2.32. The van der Waals surface area contributed by atoms with Crippen LogP contribution in [-0.2, 0) is 24.3 Å². The van der Waals surface area contributed by atoms with E-state index in [0.717, 1.165) is 42.1 Å². The van der Waals surface area contributed by atoms with Crippen molar-refractivity contribution < 1.29 is 19.4 Å². The van der Waals surface area contributed by atoms with Crippen LogP contribution in [0.2, 0.25) is 0 Å². The van der Waals surface area contributed by atoms with E-state index in [1.807, 2.05) is 55.7 Å². The molecule has 0 spiro atoms. The summed E-state index contributed by atoms with van der Waals surface area (Å²) in [5.41, 5.74) is 1.06. The number of hydrogen-bond acceptors (Lipinski definition) is 6. The van der Waals surface area contributed by atoms with Crippen molar-refractivity contribution in [2.75, 3.05) is 39.4 Å². The van der Waals surface area contributed by atoms with Crippen LogP contribution in [0.15, 0.2) is 60.9 Å². The number of amides is 1. The zero-order chi connectivity index (χ0) is 27.0. The maximum atomic E-state index is 12.2. The summed E-state index contributed by atoms with van der Waals surface area (Å²) in [6, 6.07) is 15.9. The summed E-state index contributed by atoms with van der Waals surface area (Å²) >= 11 is 0. The Hall–Kier alpha value is -3.36. The van der Waals surface area contributed by atoms with Gasteiger partial charge in [0.2, 0.25) is 5.91 Å². The second kappa shape index (κ2) is 12.9. The Bertz CT molecular complexity index is 1180.